The zero-order chi connectivity index (χ0) is 21.3. The Kier molecular flexibility index (Phi) is 5.57. The first kappa shape index (κ1) is 20.1. The van der Waals surface area contributed by atoms with E-state index in [0.717, 1.165) is 34.1 Å². The van der Waals surface area contributed by atoms with Gasteiger partial charge >= 0.3 is 5.97 Å². The van der Waals surface area contributed by atoms with Crippen LogP contribution in [0.2, 0.25) is 0 Å². The van der Waals surface area contributed by atoms with Gasteiger partial charge in [-0.1, -0.05) is 37.3 Å². The highest BCUT2D eigenvalue weighted by atomic mass is 19.1. The van der Waals surface area contributed by atoms with Crippen molar-refractivity contribution in [1.82, 2.24) is 9.88 Å². The van der Waals surface area contributed by atoms with E-state index in [2.05, 4.69) is 5.32 Å². The van der Waals surface area contributed by atoms with Gasteiger partial charge in [0.2, 0.25) is 5.91 Å². The first-order valence-corrected chi connectivity index (χ1v) is 10.3. The number of nitrogens with zero attached hydrogens (tertiary/aromatic N) is 1. The van der Waals surface area contributed by atoms with Crippen molar-refractivity contribution in [2.75, 3.05) is 0 Å². The fourth-order valence-corrected chi connectivity index (χ4v) is 4.53. The van der Waals surface area contributed by atoms with Gasteiger partial charge in [-0.05, 0) is 54.5 Å². The van der Waals surface area contributed by atoms with Crippen molar-refractivity contribution in [3.8, 4) is 0 Å². The van der Waals surface area contributed by atoms with E-state index in [4.69, 9.17) is 0 Å². The quantitative estimate of drug-likeness (QED) is 0.647. The average molecular weight is 408 g/mol. The summed E-state index contributed by atoms with van der Waals surface area (Å²) in [6, 6.07) is 14.4. The van der Waals surface area contributed by atoms with E-state index >= 15 is 0 Å². The molecule has 1 aliphatic carbocycles. The molecular weight excluding hydrogens is 383 g/mol. The molecule has 6 heteroatoms. The van der Waals surface area contributed by atoms with Crippen molar-refractivity contribution in [2.45, 2.75) is 51.1 Å². The third-order valence-corrected chi connectivity index (χ3v) is 5.95. The Morgan fingerprint density at radius 1 is 1.23 bits per heavy atom. The number of nitrogens with one attached hydrogen (secondary N) is 1. The summed E-state index contributed by atoms with van der Waals surface area (Å²) in [5.41, 5.74) is 3.74. The molecule has 2 N–H and O–H groups in total. The number of halogens is 1. The fraction of sp³-hybridized carbons (Fsp3) is 0.333. The van der Waals surface area contributed by atoms with Crippen molar-refractivity contribution in [3.05, 3.63) is 71.2 Å². The van der Waals surface area contributed by atoms with Crippen molar-refractivity contribution < 1.29 is 19.1 Å². The molecule has 4 rings (SSSR count). The van der Waals surface area contributed by atoms with E-state index in [1.807, 2.05) is 37.3 Å². The lowest BCUT2D eigenvalue weighted by molar-refractivity contribution is -0.137. The number of carboxylic acids is 1. The topological polar surface area (TPSA) is 71.3 Å². The van der Waals surface area contributed by atoms with Crippen LogP contribution in [0.1, 0.15) is 42.5 Å². The van der Waals surface area contributed by atoms with Gasteiger partial charge in [0.05, 0.1) is 0 Å². The highest BCUT2D eigenvalue weighted by Crippen LogP contribution is 2.33. The highest BCUT2D eigenvalue weighted by molar-refractivity contribution is 5.87. The molecule has 30 heavy (non-hydrogen) atoms. The summed E-state index contributed by atoms with van der Waals surface area (Å²) >= 11 is 0. The van der Waals surface area contributed by atoms with Gasteiger partial charge in [-0.3, -0.25) is 9.59 Å². The number of rotatable bonds is 6. The second-order valence-corrected chi connectivity index (χ2v) is 8.09. The summed E-state index contributed by atoms with van der Waals surface area (Å²) in [5, 5.41) is 13.2. The molecule has 1 aromatic heterocycles. The van der Waals surface area contributed by atoms with Crippen LogP contribution in [0.25, 0.3) is 10.9 Å². The number of benzene rings is 2. The van der Waals surface area contributed by atoms with Gasteiger partial charge in [-0.25, -0.2) is 4.39 Å². The van der Waals surface area contributed by atoms with E-state index in [9.17, 15) is 19.1 Å². The number of carbonyl (C=O) groups is 2. The molecule has 0 bridgehead atoms. The van der Waals surface area contributed by atoms with Crippen LogP contribution in [0, 0.1) is 5.82 Å². The molecule has 1 aliphatic rings. The summed E-state index contributed by atoms with van der Waals surface area (Å²) in [6.07, 6.45) is 2.37. The third kappa shape index (κ3) is 4.08. The van der Waals surface area contributed by atoms with Crippen molar-refractivity contribution in [3.63, 3.8) is 0 Å². The smallest absolute Gasteiger partial charge is 0.323 e. The number of carbonyl (C=O) groups excluding carboxylic acids is 1. The second kappa shape index (κ2) is 8.30. The molecule has 0 saturated carbocycles. The van der Waals surface area contributed by atoms with Crippen molar-refractivity contribution in [2.24, 2.45) is 0 Å². The zero-order valence-electron chi connectivity index (χ0n) is 16.9. The first-order chi connectivity index (χ1) is 14.4. The van der Waals surface area contributed by atoms with Crippen molar-refractivity contribution in [1.29, 1.82) is 0 Å². The number of fused-ring (bicyclic) bond motifs is 3. The van der Waals surface area contributed by atoms with Crippen LogP contribution in [0.15, 0.2) is 48.5 Å². The van der Waals surface area contributed by atoms with Crippen LogP contribution < -0.4 is 5.32 Å². The molecule has 1 heterocycles. The van der Waals surface area contributed by atoms with Gasteiger partial charge in [0.15, 0.2) is 0 Å². The molecule has 0 fully saturated rings. The maximum Gasteiger partial charge on any atom is 0.323 e. The van der Waals surface area contributed by atoms with Crippen LogP contribution in [-0.4, -0.2) is 27.6 Å². The average Bonchev–Trinajstić information content (AvgIpc) is 3.00. The Bertz CT molecular complexity index is 1090. The molecule has 0 aliphatic heterocycles. The maximum absolute atomic E-state index is 13.9. The van der Waals surface area contributed by atoms with Crippen LogP contribution in [0.4, 0.5) is 4.39 Å². The maximum atomic E-state index is 13.9. The minimum absolute atomic E-state index is 0.000239. The van der Waals surface area contributed by atoms with E-state index in [1.165, 1.54) is 12.1 Å². The number of amides is 1. The van der Waals surface area contributed by atoms with Crippen LogP contribution >= 0.6 is 0 Å². The first-order valence-electron chi connectivity index (χ1n) is 10.3. The minimum Gasteiger partial charge on any atom is -0.480 e. The van der Waals surface area contributed by atoms with E-state index in [1.54, 1.807) is 10.6 Å². The predicted octanol–water partition coefficient (Wildman–Crippen LogP) is 4.03. The van der Waals surface area contributed by atoms with Gasteiger partial charge < -0.3 is 15.0 Å². The predicted molar refractivity (Wildman–Crippen MR) is 113 cm³/mol. The van der Waals surface area contributed by atoms with Crippen LogP contribution in [-0.2, 0) is 29.0 Å². The fourth-order valence-electron chi connectivity index (χ4n) is 4.53. The molecule has 0 radical (unpaired) electrons. The molecular formula is C24H25FN2O3. The summed E-state index contributed by atoms with van der Waals surface area (Å²) in [6.45, 7) is 1.89. The lowest BCUT2D eigenvalue weighted by Crippen LogP contribution is -2.39. The normalized spacial score (nSPS) is 16.8. The second-order valence-electron chi connectivity index (χ2n) is 8.09. The van der Waals surface area contributed by atoms with Crippen LogP contribution in [0.5, 0.6) is 0 Å². The highest BCUT2D eigenvalue weighted by Gasteiger charge is 2.27. The van der Waals surface area contributed by atoms with Crippen molar-refractivity contribution >= 4 is 22.8 Å². The van der Waals surface area contributed by atoms with Crippen LogP contribution in [0.3, 0.4) is 0 Å². The molecule has 0 saturated heterocycles. The molecule has 2 aromatic carbocycles. The SMILES string of the molecule is C[C@@H](CC(=O)N[C@H]1CCc2c(c3cc(F)ccc3n2CC(=O)O)C1)c1ccccc1. The lowest BCUT2D eigenvalue weighted by atomic mass is 9.90. The standard InChI is InChI=1S/C24H25FN2O3/c1-15(16-5-3-2-4-6-16)11-23(28)26-18-8-10-22-20(13-18)19-12-17(25)7-9-21(19)27(22)14-24(29)30/h2-7,9,12,15,18H,8,10-11,13-14H2,1H3,(H,26,28)(H,29,30)/t15-,18-/m0/s1. The van der Waals surface area contributed by atoms with E-state index < -0.39 is 5.97 Å². The monoisotopic (exact) mass is 408 g/mol. The minimum atomic E-state index is -0.927. The Morgan fingerprint density at radius 2 is 2.00 bits per heavy atom. The number of aromatic nitrogens is 1. The van der Waals surface area contributed by atoms with Gasteiger partial charge in [0.25, 0.3) is 0 Å². The summed E-state index contributed by atoms with van der Waals surface area (Å²) in [5.74, 6) is -1.15. The molecule has 156 valence electrons. The van der Waals surface area contributed by atoms with Gasteiger partial charge in [0, 0.05) is 29.1 Å². The summed E-state index contributed by atoms with van der Waals surface area (Å²) < 4.78 is 15.7. The van der Waals surface area contributed by atoms with Gasteiger partial charge in [-0.15, -0.1) is 0 Å². The Labute approximate surface area is 174 Å². The molecule has 5 nitrogen and oxygen atoms in total. The number of aliphatic carboxylic acids is 1. The number of carboxylic acid groups (broad SMARTS) is 1. The lowest BCUT2D eigenvalue weighted by Gasteiger charge is -2.25. The van der Waals surface area contributed by atoms with E-state index in [0.29, 0.717) is 19.3 Å². The Hall–Kier alpha value is -3.15. The van der Waals surface area contributed by atoms with Gasteiger partial charge in [0.1, 0.15) is 12.4 Å². The molecule has 1 amide bonds. The molecule has 0 unspecified atom stereocenters. The van der Waals surface area contributed by atoms with E-state index in [-0.39, 0.29) is 30.2 Å². The Balaban J connectivity index is 1.52. The summed E-state index contributed by atoms with van der Waals surface area (Å²) in [4.78, 5) is 24.0. The number of hydrogen-bond donors (Lipinski definition) is 2. The molecule has 2 atom stereocenters. The summed E-state index contributed by atoms with van der Waals surface area (Å²) in [7, 11) is 0. The third-order valence-electron chi connectivity index (χ3n) is 5.95. The number of hydrogen-bond acceptors (Lipinski definition) is 2. The zero-order valence-corrected chi connectivity index (χ0v) is 16.9. The molecule has 0 spiro atoms. The Morgan fingerprint density at radius 3 is 2.73 bits per heavy atom. The molecule has 3 aromatic rings. The largest absolute Gasteiger partial charge is 0.480 e. The van der Waals surface area contributed by atoms with Gasteiger partial charge in [-0.2, -0.15) is 0 Å².